The summed E-state index contributed by atoms with van der Waals surface area (Å²) in [4.78, 5) is 7.68. The Kier molecular flexibility index (Phi) is 3.56. The number of aryl methyl sites for hydroxylation is 1. The number of hydrogen-bond donors (Lipinski definition) is 0. The van der Waals surface area contributed by atoms with E-state index in [9.17, 15) is 8.42 Å². The normalized spacial score (nSPS) is 11.7. The molecule has 2 aromatic rings. The Morgan fingerprint density at radius 3 is 2.56 bits per heavy atom. The number of aromatic nitrogens is 4. The van der Waals surface area contributed by atoms with Crippen LogP contribution in [-0.2, 0) is 15.5 Å². The lowest BCUT2D eigenvalue weighted by atomic mass is 10.3. The van der Waals surface area contributed by atoms with Crippen LogP contribution in [0.15, 0.2) is 23.5 Å². The van der Waals surface area contributed by atoms with Gasteiger partial charge in [0.15, 0.2) is 11.0 Å². The van der Waals surface area contributed by atoms with Crippen LogP contribution < -0.4 is 0 Å². The maximum absolute atomic E-state index is 11.5. The molecule has 18 heavy (non-hydrogen) atoms. The summed E-state index contributed by atoms with van der Waals surface area (Å²) in [5, 5.41) is 3.99. The maximum atomic E-state index is 11.5. The van der Waals surface area contributed by atoms with E-state index in [0.29, 0.717) is 17.9 Å². The van der Waals surface area contributed by atoms with Crippen LogP contribution >= 0.6 is 22.3 Å². The fourth-order valence-electron chi connectivity index (χ4n) is 1.45. The van der Waals surface area contributed by atoms with Gasteiger partial charge in [-0.1, -0.05) is 18.5 Å². The Hall–Kier alpha value is -1.18. The second kappa shape index (κ2) is 4.83. The van der Waals surface area contributed by atoms with Gasteiger partial charge in [0.25, 0.3) is 9.05 Å². The van der Waals surface area contributed by atoms with Crippen molar-refractivity contribution in [1.82, 2.24) is 19.7 Å². The van der Waals surface area contributed by atoms with Crippen LogP contribution in [0.3, 0.4) is 0 Å². The van der Waals surface area contributed by atoms with E-state index in [2.05, 4.69) is 15.1 Å². The Bertz CT molecular complexity index is 669. The van der Waals surface area contributed by atoms with E-state index >= 15 is 0 Å². The average molecular weight is 307 g/mol. The van der Waals surface area contributed by atoms with Gasteiger partial charge in [-0.25, -0.2) is 18.1 Å². The molecule has 96 valence electrons. The summed E-state index contributed by atoms with van der Waals surface area (Å²) in [5.74, 6) is 0.323. The lowest BCUT2D eigenvalue weighted by molar-refractivity contribution is 0.608. The zero-order chi connectivity index (χ0) is 13.3. The van der Waals surface area contributed by atoms with Crippen LogP contribution in [0, 0.1) is 0 Å². The predicted octanol–water partition coefficient (Wildman–Crippen LogP) is 1.81. The summed E-state index contributed by atoms with van der Waals surface area (Å²) in [7, 11) is 1.39. The highest BCUT2D eigenvalue weighted by atomic mass is 35.7. The van der Waals surface area contributed by atoms with Gasteiger partial charge in [-0.05, 0) is 6.42 Å². The zero-order valence-corrected chi connectivity index (χ0v) is 11.5. The second-order valence-electron chi connectivity index (χ2n) is 3.33. The van der Waals surface area contributed by atoms with Crippen LogP contribution in [0.5, 0.6) is 0 Å². The molecule has 2 rings (SSSR count). The second-order valence-corrected chi connectivity index (χ2v) is 6.19. The molecule has 0 N–H and O–H groups in total. The van der Waals surface area contributed by atoms with E-state index in [1.807, 2.05) is 0 Å². The molecule has 0 bridgehead atoms. The molecule has 0 aliphatic rings. The topological polar surface area (TPSA) is 77.7 Å². The van der Waals surface area contributed by atoms with Crippen LogP contribution in [0.4, 0.5) is 0 Å². The summed E-state index contributed by atoms with van der Waals surface area (Å²) < 4.78 is 24.1. The molecule has 0 amide bonds. The van der Waals surface area contributed by atoms with Crippen LogP contribution in [0.25, 0.3) is 5.82 Å². The van der Waals surface area contributed by atoms with Gasteiger partial charge in [0.2, 0.25) is 0 Å². The number of nitrogens with zero attached hydrogens (tertiary/aromatic N) is 4. The fraction of sp³-hybridized carbons (Fsp3) is 0.222. The van der Waals surface area contributed by atoms with Crippen molar-refractivity contribution in [3.63, 3.8) is 0 Å². The van der Waals surface area contributed by atoms with Crippen LogP contribution in [0.1, 0.15) is 12.6 Å². The Morgan fingerprint density at radius 1 is 1.39 bits per heavy atom. The van der Waals surface area contributed by atoms with Crippen LogP contribution in [0.2, 0.25) is 5.15 Å². The number of halogens is 2. The molecule has 0 radical (unpaired) electrons. The van der Waals surface area contributed by atoms with Gasteiger partial charge in [0.05, 0.1) is 11.9 Å². The van der Waals surface area contributed by atoms with E-state index in [4.69, 9.17) is 22.3 Å². The molecule has 0 aliphatic heterocycles. The molecule has 0 unspecified atom stereocenters. The fourth-order valence-corrected chi connectivity index (χ4v) is 3.35. The minimum absolute atomic E-state index is 0.0950. The van der Waals surface area contributed by atoms with Gasteiger partial charge in [-0.2, -0.15) is 5.10 Å². The van der Waals surface area contributed by atoms with Gasteiger partial charge in [0.1, 0.15) is 4.90 Å². The lowest BCUT2D eigenvalue weighted by Crippen LogP contribution is -2.00. The van der Waals surface area contributed by atoms with E-state index < -0.39 is 9.05 Å². The Balaban J connectivity index is 2.70. The third kappa shape index (κ3) is 2.33. The van der Waals surface area contributed by atoms with Crippen molar-refractivity contribution in [3.05, 3.63) is 29.4 Å². The molecule has 0 fully saturated rings. The summed E-state index contributed by atoms with van der Waals surface area (Å²) in [5.41, 5.74) is 0.292. The SMILES string of the molecule is CCc1nn(-c2cnccn2)c(Cl)c1S(=O)(=O)Cl. The first-order chi connectivity index (χ1) is 8.45. The van der Waals surface area contributed by atoms with Gasteiger partial charge < -0.3 is 0 Å². The molecule has 2 aromatic heterocycles. The van der Waals surface area contributed by atoms with Crippen molar-refractivity contribution in [1.29, 1.82) is 0 Å². The molecule has 9 heteroatoms. The molecule has 2 heterocycles. The van der Waals surface area contributed by atoms with E-state index in [1.165, 1.54) is 23.3 Å². The third-order valence-corrected chi connectivity index (χ3v) is 4.04. The minimum Gasteiger partial charge on any atom is -0.259 e. The average Bonchev–Trinajstić information content (AvgIpc) is 2.67. The standard InChI is InChI=1S/C9H8Cl2N4O2S/c1-2-6-8(18(11,16)17)9(10)15(14-6)7-5-12-3-4-13-7/h3-5H,2H2,1H3. The Morgan fingerprint density at radius 2 is 2.11 bits per heavy atom. The largest absolute Gasteiger partial charge is 0.266 e. The monoisotopic (exact) mass is 306 g/mol. The molecule has 0 atom stereocenters. The molecular weight excluding hydrogens is 299 g/mol. The lowest BCUT2D eigenvalue weighted by Gasteiger charge is -2.00. The van der Waals surface area contributed by atoms with Crippen molar-refractivity contribution in [2.75, 3.05) is 0 Å². The first-order valence-corrected chi connectivity index (χ1v) is 7.62. The third-order valence-electron chi connectivity index (χ3n) is 2.20. The Labute approximate surface area is 113 Å². The summed E-state index contributed by atoms with van der Waals surface area (Å²) in [6.45, 7) is 1.76. The van der Waals surface area contributed by atoms with Crippen molar-refractivity contribution >= 4 is 31.3 Å². The van der Waals surface area contributed by atoms with E-state index in [-0.39, 0.29) is 10.0 Å². The first-order valence-electron chi connectivity index (χ1n) is 4.93. The van der Waals surface area contributed by atoms with Crippen molar-refractivity contribution < 1.29 is 8.42 Å². The maximum Gasteiger partial charge on any atom is 0.266 e. The highest BCUT2D eigenvalue weighted by molar-refractivity contribution is 8.13. The molecular formula is C9H8Cl2N4O2S. The summed E-state index contributed by atoms with van der Waals surface area (Å²) >= 11 is 6.00. The molecule has 0 aliphatic carbocycles. The van der Waals surface area contributed by atoms with Gasteiger partial charge >= 0.3 is 0 Å². The van der Waals surface area contributed by atoms with Crippen molar-refractivity contribution in [3.8, 4) is 5.82 Å². The number of hydrogen-bond acceptors (Lipinski definition) is 5. The van der Waals surface area contributed by atoms with Gasteiger partial charge in [0, 0.05) is 23.1 Å². The highest BCUT2D eigenvalue weighted by Gasteiger charge is 2.26. The number of rotatable bonds is 3. The van der Waals surface area contributed by atoms with Crippen LogP contribution in [-0.4, -0.2) is 28.2 Å². The molecule has 0 spiro atoms. The zero-order valence-electron chi connectivity index (χ0n) is 9.21. The molecule has 0 aromatic carbocycles. The summed E-state index contributed by atoms with van der Waals surface area (Å²) in [6, 6.07) is 0. The van der Waals surface area contributed by atoms with Crippen molar-refractivity contribution in [2.45, 2.75) is 18.2 Å². The molecule has 0 saturated heterocycles. The van der Waals surface area contributed by atoms with Gasteiger partial charge in [-0.3, -0.25) is 4.98 Å². The van der Waals surface area contributed by atoms with E-state index in [0.717, 1.165) is 0 Å². The quantitative estimate of drug-likeness (QED) is 0.808. The summed E-state index contributed by atoms with van der Waals surface area (Å²) in [6.07, 6.45) is 4.74. The van der Waals surface area contributed by atoms with Gasteiger partial charge in [-0.15, -0.1) is 0 Å². The predicted molar refractivity (Wildman–Crippen MR) is 66.6 cm³/mol. The van der Waals surface area contributed by atoms with E-state index in [1.54, 1.807) is 6.92 Å². The smallest absolute Gasteiger partial charge is 0.259 e. The van der Waals surface area contributed by atoms with Crippen molar-refractivity contribution in [2.24, 2.45) is 0 Å². The minimum atomic E-state index is -3.95. The highest BCUT2D eigenvalue weighted by Crippen LogP contribution is 2.30. The molecule has 6 nitrogen and oxygen atoms in total. The first kappa shape index (κ1) is 13.3. The molecule has 0 saturated carbocycles.